The molecule has 1 atom stereocenters. The van der Waals surface area contributed by atoms with Crippen LogP contribution in [0.5, 0.6) is 16.7 Å². The van der Waals surface area contributed by atoms with Crippen LogP contribution in [-0.2, 0) is 0 Å². The summed E-state index contributed by atoms with van der Waals surface area (Å²) in [7, 11) is 3.76. The van der Waals surface area contributed by atoms with Crippen LogP contribution in [0.25, 0.3) is 6.08 Å². The highest BCUT2D eigenvalue weighted by molar-refractivity contribution is 7.14. The van der Waals surface area contributed by atoms with Gasteiger partial charge in [0.05, 0.1) is 16.5 Å². The highest BCUT2D eigenvalue weighted by atomic mass is 35.5. The topological polar surface area (TPSA) is 76.6 Å². The summed E-state index contributed by atoms with van der Waals surface area (Å²) in [5.74, 6) is 1.79. The van der Waals surface area contributed by atoms with Gasteiger partial charge in [-0.3, -0.25) is 4.79 Å². The number of nitrogens with one attached hydrogen (secondary N) is 1. The number of anilines is 1. The SMILES string of the molecule is CCCOc1ccc(Oc2ncc(/C=C/[C@H](C)NC(=O)c3ccnc(N(C)C)c3)s2)c(Cl)c1. The summed E-state index contributed by atoms with van der Waals surface area (Å²) in [4.78, 5) is 23.8. The van der Waals surface area contributed by atoms with Crippen molar-refractivity contribution in [3.63, 3.8) is 0 Å². The molecule has 0 aliphatic rings. The molecule has 1 N–H and O–H groups in total. The number of halogens is 1. The van der Waals surface area contributed by atoms with E-state index in [4.69, 9.17) is 21.1 Å². The molecular formula is C24H27ClN4O3S. The van der Waals surface area contributed by atoms with Crippen LogP contribution in [0.3, 0.4) is 0 Å². The lowest BCUT2D eigenvalue weighted by atomic mass is 10.2. The van der Waals surface area contributed by atoms with Gasteiger partial charge in [0, 0.05) is 44.2 Å². The van der Waals surface area contributed by atoms with Crippen molar-refractivity contribution >= 4 is 40.7 Å². The van der Waals surface area contributed by atoms with Crippen LogP contribution in [-0.4, -0.2) is 42.6 Å². The van der Waals surface area contributed by atoms with Gasteiger partial charge in [0.15, 0.2) is 0 Å². The molecule has 0 spiro atoms. The minimum absolute atomic E-state index is 0.160. The van der Waals surface area contributed by atoms with Gasteiger partial charge in [-0.15, -0.1) is 0 Å². The molecule has 1 aromatic carbocycles. The zero-order chi connectivity index (χ0) is 23.8. The summed E-state index contributed by atoms with van der Waals surface area (Å²) in [5.41, 5.74) is 0.561. The number of carbonyl (C=O) groups is 1. The van der Waals surface area contributed by atoms with Gasteiger partial charge in [-0.25, -0.2) is 9.97 Å². The molecule has 174 valence electrons. The first kappa shape index (κ1) is 24.5. The van der Waals surface area contributed by atoms with Gasteiger partial charge in [-0.1, -0.05) is 35.9 Å². The molecule has 0 saturated heterocycles. The Labute approximate surface area is 203 Å². The van der Waals surface area contributed by atoms with Crippen LogP contribution in [0.1, 0.15) is 35.5 Å². The fourth-order valence-electron chi connectivity index (χ4n) is 2.74. The number of hydrogen-bond donors (Lipinski definition) is 1. The predicted molar refractivity (Wildman–Crippen MR) is 134 cm³/mol. The Morgan fingerprint density at radius 2 is 2.09 bits per heavy atom. The number of nitrogens with zero attached hydrogens (tertiary/aromatic N) is 3. The van der Waals surface area contributed by atoms with Gasteiger partial charge >= 0.3 is 0 Å². The Balaban J connectivity index is 1.57. The summed E-state index contributed by atoms with van der Waals surface area (Å²) in [6.07, 6.45) is 8.06. The van der Waals surface area contributed by atoms with Crippen molar-refractivity contribution in [2.75, 3.05) is 25.6 Å². The third-order valence-electron chi connectivity index (χ3n) is 4.45. The van der Waals surface area contributed by atoms with Crippen LogP contribution < -0.4 is 19.7 Å². The Hall–Kier alpha value is -3.10. The number of carbonyl (C=O) groups excluding carboxylic acids is 1. The lowest BCUT2D eigenvalue weighted by Crippen LogP contribution is -2.31. The van der Waals surface area contributed by atoms with E-state index in [9.17, 15) is 4.79 Å². The molecule has 0 aliphatic heterocycles. The van der Waals surface area contributed by atoms with Gasteiger partial charge in [-0.05, 0) is 43.7 Å². The number of benzene rings is 1. The second-order valence-corrected chi connectivity index (χ2v) is 8.92. The summed E-state index contributed by atoms with van der Waals surface area (Å²) >= 11 is 7.69. The van der Waals surface area contributed by atoms with Crippen LogP contribution in [0.2, 0.25) is 5.02 Å². The molecule has 3 rings (SSSR count). The maximum atomic E-state index is 12.5. The smallest absolute Gasteiger partial charge is 0.279 e. The predicted octanol–water partition coefficient (Wildman–Crippen LogP) is 5.67. The Morgan fingerprint density at radius 3 is 2.82 bits per heavy atom. The van der Waals surface area contributed by atoms with Crippen molar-refractivity contribution in [3.05, 3.63) is 64.3 Å². The monoisotopic (exact) mass is 486 g/mol. The van der Waals surface area contributed by atoms with Gasteiger partial charge in [0.2, 0.25) is 0 Å². The van der Waals surface area contributed by atoms with Crippen molar-refractivity contribution in [2.45, 2.75) is 26.3 Å². The van der Waals surface area contributed by atoms with E-state index < -0.39 is 0 Å². The number of amides is 1. The fourth-order valence-corrected chi connectivity index (χ4v) is 3.64. The van der Waals surface area contributed by atoms with Crippen LogP contribution in [0, 0.1) is 0 Å². The number of pyridine rings is 1. The first-order chi connectivity index (χ1) is 15.9. The minimum atomic E-state index is -0.176. The largest absolute Gasteiger partial charge is 0.494 e. The first-order valence-electron chi connectivity index (χ1n) is 10.5. The van der Waals surface area contributed by atoms with Gasteiger partial charge in [-0.2, -0.15) is 0 Å². The summed E-state index contributed by atoms with van der Waals surface area (Å²) in [6.45, 7) is 4.59. The lowest BCUT2D eigenvalue weighted by molar-refractivity contribution is 0.0947. The van der Waals surface area contributed by atoms with Gasteiger partial charge in [0.25, 0.3) is 11.1 Å². The van der Waals surface area contributed by atoms with Crippen molar-refractivity contribution in [2.24, 2.45) is 0 Å². The molecule has 2 heterocycles. The van der Waals surface area contributed by atoms with E-state index in [1.165, 1.54) is 11.3 Å². The van der Waals surface area contributed by atoms with Crippen molar-refractivity contribution in [1.82, 2.24) is 15.3 Å². The summed E-state index contributed by atoms with van der Waals surface area (Å²) in [5, 5.41) is 3.89. The molecule has 33 heavy (non-hydrogen) atoms. The molecule has 0 aliphatic carbocycles. The second kappa shape index (κ2) is 11.7. The van der Waals surface area contributed by atoms with E-state index in [0.717, 1.165) is 17.1 Å². The highest BCUT2D eigenvalue weighted by Gasteiger charge is 2.11. The zero-order valence-electron chi connectivity index (χ0n) is 19.0. The van der Waals surface area contributed by atoms with Crippen LogP contribution in [0.15, 0.2) is 48.8 Å². The highest BCUT2D eigenvalue weighted by Crippen LogP contribution is 2.34. The number of rotatable bonds is 10. The molecule has 0 radical (unpaired) electrons. The van der Waals surface area contributed by atoms with Gasteiger partial charge < -0.3 is 19.7 Å². The molecule has 0 unspecified atom stereocenters. The maximum absolute atomic E-state index is 12.5. The summed E-state index contributed by atoms with van der Waals surface area (Å²) in [6, 6.07) is 8.59. The van der Waals surface area contributed by atoms with E-state index >= 15 is 0 Å². The summed E-state index contributed by atoms with van der Waals surface area (Å²) < 4.78 is 11.4. The molecule has 3 aromatic rings. The Morgan fingerprint density at radius 1 is 1.27 bits per heavy atom. The average Bonchev–Trinajstić information content (AvgIpc) is 3.25. The third kappa shape index (κ3) is 7.20. The van der Waals surface area contributed by atoms with Crippen LogP contribution in [0.4, 0.5) is 5.82 Å². The van der Waals surface area contributed by atoms with Crippen molar-refractivity contribution in [3.8, 4) is 16.7 Å². The van der Waals surface area contributed by atoms with Crippen molar-refractivity contribution in [1.29, 1.82) is 0 Å². The van der Waals surface area contributed by atoms with E-state index in [0.29, 0.717) is 33.9 Å². The fraction of sp³-hybridized carbons (Fsp3) is 0.292. The molecule has 0 saturated carbocycles. The van der Waals surface area contributed by atoms with E-state index in [1.54, 1.807) is 36.7 Å². The van der Waals surface area contributed by atoms with E-state index in [2.05, 4.69) is 15.3 Å². The second-order valence-electron chi connectivity index (χ2n) is 7.49. The van der Waals surface area contributed by atoms with Gasteiger partial charge in [0.1, 0.15) is 17.3 Å². The number of hydrogen-bond acceptors (Lipinski definition) is 7. The number of thiazole rings is 1. The standard InChI is InChI=1S/C24H27ClN4O3S/c1-5-12-31-18-7-9-21(20(25)14-18)32-24-27-15-19(33-24)8-6-16(2)28-23(30)17-10-11-26-22(13-17)29(3)4/h6-11,13-16H,5,12H2,1-4H3,(H,28,30)/b8-6+/t16-/m0/s1. The molecule has 0 fully saturated rings. The first-order valence-corrected chi connectivity index (χ1v) is 11.7. The third-order valence-corrected chi connectivity index (χ3v) is 5.59. The molecule has 0 bridgehead atoms. The number of aromatic nitrogens is 2. The Kier molecular flexibility index (Phi) is 8.68. The zero-order valence-corrected chi connectivity index (χ0v) is 20.6. The quantitative estimate of drug-likeness (QED) is 0.398. The Bertz CT molecular complexity index is 1120. The lowest BCUT2D eigenvalue weighted by Gasteiger charge is -2.13. The minimum Gasteiger partial charge on any atom is -0.494 e. The normalized spacial score (nSPS) is 11.9. The maximum Gasteiger partial charge on any atom is 0.279 e. The molecule has 2 aromatic heterocycles. The van der Waals surface area contributed by atoms with Crippen molar-refractivity contribution < 1.29 is 14.3 Å². The molecule has 7 nitrogen and oxygen atoms in total. The van der Waals surface area contributed by atoms with E-state index in [-0.39, 0.29) is 11.9 Å². The number of ether oxygens (including phenoxy) is 2. The average molecular weight is 487 g/mol. The molecule has 9 heteroatoms. The van der Waals surface area contributed by atoms with Crippen LogP contribution >= 0.6 is 22.9 Å². The van der Waals surface area contributed by atoms with E-state index in [1.807, 2.05) is 51.1 Å². The molecular weight excluding hydrogens is 460 g/mol. The molecule has 1 amide bonds.